The molecule has 1 aliphatic rings. The third-order valence-electron chi connectivity index (χ3n) is 7.09. The number of nitrogens with zero attached hydrogens (tertiary/aromatic N) is 3. The quantitative estimate of drug-likeness (QED) is 0.0707. The van der Waals surface area contributed by atoms with Crippen LogP contribution in [0, 0.1) is 5.82 Å². The minimum atomic E-state index is -4.61. The summed E-state index contributed by atoms with van der Waals surface area (Å²) < 4.78 is 56.7. The molecule has 0 aliphatic heterocycles. The van der Waals surface area contributed by atoms with Crippen LogP contribution in [0.2, 0.25) is 5.02 Å². The third kappa shape index (κ3) is 10.2. The number of rotatable bonds is 13. The van der Waals surface area contributed by atoms with Crippen molar-refractivity contribution in [2.24, 2.45) is 0 Å². The summed E-state index contributed by atoms with van der Waals surface area (Å²) in [5.74, 6) is -2.93. The van der Waals surface area contributed by atoms with Crippen molar-refractivity contribution in [3.63, 3.8) is 0 Å². The molecule has 1 fully saturated rings. The van der Waals surface area contributed by atoms with Crippen LogP contribution in [-0.2, 0) is 15.1 Å². The number of aromatic nitrogens is 3. The van der Waals surface area contributed by atoms with Gasteiger partial charge in [0.1, 0.15) is 5.82 Å². The monoisotopic (exact) mass is 700 g/mol. The summed E-state index contributed by atoms with van der Waals surface area (Å²) in [6.07, 6.45) is -2.83. The van der Waals surface area contributed by atoms with Crippen molar-refractivity contribution in [2.45, 2.75) is 31.0 Å². The number of amides is 3. The van der Waals surface area contributed by atoms with Crippen LogP contribution in [0.4, 0.5) is 40.8 Å². The lowest BCUT2D eigenvalue weighted by Crippen LogP contribution is -2.37. The van der Waals surface area contributed by atoms with E-state index in [0.717, 1.165) is 24.5 Å². The van der Waals surface area contributed by atoms with Gasteiger partial charge in [0.2, 0.25) is 11.9 Å². The molecule has 0 bridgehead atoms. The summed E-state index contributed by atoms with van der Waals surface area (Å²) in [6.45, 7) is -1.32. The van der Waals surface area contributed by atoms with Crippen LogP contribution in [0.3, 0.4) is 0 Å². The highest BCUT2D eigenvalue weighted by Gasteiger charge is 2.45. The Bertz CT molecular complexity index is 1810. The van der Waals surface area contributed by atoms with E-state index in [1.54, 1.807) is 24.3 Å². The number of halogens is 5. The molecule has 1 aromatic heterocycles. The molecule has 0 atom stereocenters. The maximum absolute atomic E-state index is 13.2. The Hall–Kier alpha value is -5.51. The summed E-state index contributed by atoms with van der Waals surface area (Å²) in [5, 5.41) is 14.0. The average molecular weight is 701 g/mol. The molecule has 0 unspecified atom stereocenters. The van der Waals surface area contributed by atoms with E-state index in [4.69, 9.17) is 16.3 Å². The largest absolute Gasteiger partial charge is 0.454 e. The molecule has 4 aromatic rings. The molecule has 3 amide bonds. The lowest BCUT2D eigenvalue weighted by atomic mass is 10.1. The normalized spacial score (nSPS) is 13.2. The number of hydrogen-bond donors (Lipinski definition) is 5. The van der Waals surface area contributed by atoms with Crippen LogP contribution in [0.5, 0.6) is 6.01 Å². The van der Waals surface area contributed by atoms with E-state index in [-0.39, 0.29) is 30.7 Å². The first kappa shape index (κ1) is 34.8. The molecule has 49 heavy (non-hydrogen) atoms. The molecule has 0 spiro atoms. The molecule has 1 saturated carbocycles. The maximum atomic E-state index is 13.2. The van der Waals surface area contributed by atoms with Crippen molar-refractivity contribution in [1.82, 2.24) is 25.6 Å². The Morgan fingerprint density at radius 1 is 0.837 bits per heavy atom. The average Bonchev–Trinajstić information content (AvgIpc) is 3.84. The molecule has 0 saturated heterocycles. The van der Waals surface area contributed by atoms with Crippen molar-refractivity contribution >= 4 is 52.6 Å². The highest BCUT2D eigenvalue weighted by atomic mass is 35.5. The van der Waals surface area contributed by atoms with E-state index in [2.05, 4.69) is 41.5 Å². The van der Waals surface area contributed by atoms with Gasteiger partial charge in [-0.1, -0.05) is 29.8 Å². The molecule has 256 valence electrons. The standard InChI is InChI=1S/C32H29ClF4N8O4/c33-21-9-7-20(8-10-21)31(13-14-31)45-29-42-28(43-30(44-29)49-18-32(35,36)37)41-23-11-5-19(6-12-23)25(46)38-15-2-16-39-26(47)27(48)40-24-4-1-3-22(34)17-24/h1,3-12,17H,2,13-16,18H2,(H,38,46)(H,39,47)(H,40,48)(H2,41,42,43,44,45). The van der Waals surface area contributed by atoms with E-state index in [1.165, 1.54) is 30.3 Å². The molecule has 1 heterocycles. The fourth-order valence-electron chi connectivity index (χ4n) is 4.54. The zero-order valence-electron chi connectivity index (χ0n) is 25.5. The number of carbonyl (C=O) groups excluding carboxylic acids is 3. The number of benzene rings is 3. The van der Waals surface area contributed by atoms with Crippen LogP contribution in [0.1, 0.15) is 35.2 Å². The van der Waals surface area contributed by atoms with Crippen LogP contribution < -0.4 is 31.3 Å². The highest BCUT2D eigenvalue weighted by molar-refractivity contribution is 6.39. The van der Waals surface area contributed by atoms with Crippen molar-refractivity contribution < 1.29 is 36.7 Å². The predicted molar refractivity (Wildman–Crippen MR) is 172 cm³/mol. The topological polar surface area (TPSA) is 159 Å². The Morgan fingerprint density at radius 2 is 1.53 bits per heavy atom. The summed E-state index contributed by atoms with van der Waals surface area (Å²) >= 11 is 6.01. The van der Waals surface area contributed by atoms with Crippen molar-refractivity contribution in [2.75, 3.05) is 35.6 Å². The van der Waals surface area contributed by atoms with Crippen LogP contribution >= 0.6 is 11.6 Å². The van der Waals surface area contributed by atoms with E-state index in [9.17, 15) is 31.9 Å². The Labute approximate surface area is 282 Å². The van der Waals surface area contributed by atoms with Gasteiger partial charge in [-0.15, -0.1) is 0 Å². The summed E-state index contributed by atoms with van der Waals surface area (Å²) in [6, 6.07) is 17.9. The maximum Gasteiger partial charge on any atom is 0.422 e. The molecular formula is C32H29ClF4N8O4. The van der Waals surface area contributed by atoms with E-state index in [1.807, 2.05) is 12.1 Å². The fraction of sp³-hybridized carbons (Fsp3) is 0.250. The lowest BCUT2D eigenvalue weighted by molar-refractivity contribution is -0.154. The Morgan fingerprint density at radius 3 is 2.20 bits per heavy atom. The van der Waals surface area contributed by atoms with E-state index >= 15 is 0 Å². The van der Waals surface area contributed by atoms with Gasteiger partial charge in [0.25, 0.3) is 5.91 Å². The molecule has 3 aromatic carbocycles. The Balaban J connectivity index is 1.13. The van der Waals surface area contributed by atoms with Crippen LogP contribution in [0.15, 0.2) is 72.8 Å². The Kier molecular flexibility index (Phi) is 10.8. The zero-order chi connectivity index (χ0) is 35.0. The van der Waals surface area contributed by atoms with Crippen molar-refractivity contribution in [3.05, 3.63) is 94.8 Å². The van der Waals surface area contributed by atoms with Crippen molar-refractivity contribution in [1.29, 1.82) is 0 Å². The minimum absolute atomic E-state index is 0.00141. The van der Waals surface area contributed by atoms with Gasteiger partial charge < -0.3 is 31.3 Å². The SMILES string of the molecule is O=C(NCCCNC(=O)c1ccc(Nc2nc(NC3(c4ccc(Cl)cc4)CC3)nc(OCC(F)(F)F)n2)cc1)C(=O)Nc1cccc(F)c1. The second-order valence-corrected chi connectivity index (χ2v) is 11.4. The van der Waals surface area contributed by atoms with E-state index < -0.39 is 47.9 Å². The van der Waals surface area contributed by atoms with Gasteiger partial charge in [-0.25, -0.2) is 4.39 Å². The first-order chi connectivity index (χ1) is 23.4. The summed E-state index contributed by atoms with van der Waals surface area (Å²) in [4.78, 5) is 48.9. The number of nitrogens with one attached hydrogen (secondary N) is 5. The van der Waals surface area contributed by atoms with Crippen LogP contribution in [0.25, 0.3) is 0 Å². The molecule has 17 heteroatoms. The molecular weight excluding hydrogens is 672 g/mol. The molecule has 5 N–H and O–H groups in total. The number of ether oxygens (including phenoxy) is 1. The smallest absolute Gasteiger partial charge is 0.422 e. The third-order valence-corrected chi connectivity index (χ3v) is 7.35. The van der Waals surface area contributed by atoms with Gasteiger partial charge in [0.15, 0.2) is 6.61 Å². The molecule has 1 aliphatic carbocycles. The first-order valence-corrected chi connectivity index (χ1v) is 15.3. The van der Waals surface area contributed by atoms with Gasteiger partial charge in [0, 0.05) is 35.1 Å². The van der Waals surface area contributed by atoms with Gasteiger partial charge >= 0.3 is 24.0 Å². The zero-order valence-corrected chi connectivity index (χ0v) is 26.3. The van der Waals surface area contributed by atoms with Gasteiger partial charge in [-0.2, -0.15) is 28.1 Å². The molecule has 5 rings (SSSR count). The van der Waals surface area contributed by atoms with Crippen molar-refractivity contribution in [3.8, 4) is 6.01 Å². The summed E-state index contributed by atoms with van der Waals surface area (Å²) in [7, 11) is 0. The second kappa shape index (κ2) is 15.1. The minimum Gasteiger partial charge on any atom is -0.454 e. The second-order valence-electron chi connectivity index (χ2n) is 10.9. The fourth-order valence-corrected chi connectivity index (χ4v) is 4.66. The lowest BCUT2D eigenvalue weighted by Gasteiger charge is -2.19. The van der Waals surface area contributed by atoms with E-state index in [0.29, 0.717) is 22.7 Å². The number of alkyl halides is 3. The van der Waals surface area contributed by atoms with Crippen LogP contribution in [-0.4, -0.2) is 58.5 Å². The van der Waals surface area contributed by atoms with Gasteiger partial charge in [-0.3, -0.25) is 14.4 Å². The van der Waals surface area contributed by atoms with Gasteiger partial charge in [0.05, 0.1) is 5.54 Å². The highest BCUT2D eigenvalue weighted by Crippen LogP contribution is 2.48. The number of anilines is 4. The number of hydrogen-bond acceptors (Lipinski definition) is 9. The predicted octanol–water partition coefficient (Wildman–Crippen LogP) is 5.32. The molecule has 0 radical (unpaired) electrons. The summed E-state index contributed by atoms with van der Waals surface area (Å²) in [5.41, 5.74) is 1.25. The molecule has 12 nitrogen and oxygen atoms in total. The first-order valence-electron chi connectivity index (χ1n) is 14.9. The number of carbonyl (C=O) groups is 3. The van der Waals surface area contributed by atoms with Gasteiger partial charge in [-0.05, 0) is 79.4 Å².